The standard InChI is InChI=1S/C13H11BrClNO2S/c14-11-4-5-19-12(11)7-16-13(17)8-18-10-3-1-2-9(15)6-10/h1-6H,7-8H2,(H,16,17). The molecular formula is C13H11BrClNO2S. The molecule has 19 heavy (non-hydrogen) atoms. The second-order valence-corrected chi connectivity index (χ2v) is 6.01. The lowest BCUT2D eigenvalue weighted by Gasteiger charge is -2.07. The molecule has 0 saturated heterocycles. The summed E-state index contributed by atoms with van der Waals surface area (Å²) >= 11 is 10.8. The predicted octanol–water partition coefficient (Wildman–Crippen LogP) is 3.86. The topological polar surface area (TPSA) is 38.3 Å². The second kappa shape index (κ2) is 6.93. The molecule has 0 aliphatic rings. The highest BCUT2D eigenvalue weighted by molar-refractivity contribution is 9.10. The normalized spacial score (nSPS) is 10.2. The van der Waals surface area contributed by atoms with Crippen molar-refractivity contribution in [3.63, 3.8) is 0 Å². The van der Waals surface area contributed by atoms with Crippen molar-refractivity contribution >= 4 is 44.8 Å². The van der Waals surface area contributed by atoms with Gasteiger partial charge < -0.3 is 10.1 Å². The van der Waals surface area contributed by atoms with E-state index in [0.29, 0.717) is 17.3 Å². The van der Waals surface area contributed by atoms with E-state index in [-0.39, 0.29) is 12.5 Å². The van der Waals surface area contributed by atoms with E-state index in [1.54, 1.807) is 35.6 Å². The van der Waals surface area contributed by atoms with Crippen molar-refractivity contribution in [1.82, 2.24) is 5.32 Å². The molecule has 1 amide bonds. The van der Waals surface area contributed by atoms with Crippen molar-refractivity contribution in [2.45, 2.75) is 6.54 Å². The molecular weight excluding hydrogens is 350 g/mol. The molecule has 0 fully saturated rings. The zero-order chi connectivity index (χ0) is 13.7. The van der Waals surface area contributed by atoms with Crippen LogP contribution < -0.4 is 10.1 Å². The fourth-order valence-corrected chi connectivity index (χ4v) is 3.00. The fraction of sp³-hybridized carbons (Fsp3) is 0.154. The number of carbonyl (C=O) groups is 1. The van der Waals surface area contributed by atoms with Crippen LogP contribution in [0.4, 0.5) is 0 Å². The quantitative estimate of drug-likeness (QED) is 0.879. The Hall–Kier alpha value is -1.04. The SMILES string of the molecule is O=C(COc1cccc(Cl)c1)NCc1sccc1Br. The highest BCUT2D eigenvalue weighted by Gasteiger charge is 2.06. The monoisotopic (exact) mass is 359 g/mol. The van der Waals surface area contributed by atoms with Crippen molar-refractivity contribution in [2.24, 2.45) is 0 Å². The van der Waals surface area contributed by atoms with Crippen molar-refractivity contribution in [3.05, 3.63) is 50.1 Å². The summed E-state index contributed by atoms with van der Waals surface area (Å²) in [4.78, 5) is 12.7. The minimum Gasteiger partial charge on any atom is -0.484 e. The molecule has 100 valence electrons. The molecule has 1 aromatic carbocycles. The molecule has 0 aliphatic heterocycles. The number of ether oxygens (including phenoxy) is 1. The van der Waals surface area contributed by atoms with Gasteiger partial charge in [0.25, 0.3) is 5.91 Å². The van der Waals surface area contributed by atoms with E-state index >= 15 is 0 Å². The number of benzene rings is 1. The van der Waals surface area contributed by atoms with Gasteiger partial charge in [-0.2, -0.15) is 0 Å². The van der Waals surface area contributed by atoms with E-state index in [0.717, 1.165) is 9.35 Å². The third-order valence-electron chi connectivity index (χ3n) is 2.30. The minimum absolute atomic E-state index is 0.0245. The second-order valence-electron chi connectivity index (χ2n) is 3.71. The van der Waals surface area contributed by atoms with Crippen LogP contribution >= 0.6 is 38.9 Å². The maximum Gasteiger partial charge on any atom is 0.258 e. The Morgan fingerprint density at radius 3 is 2.95 bits per heavy atom. The van der Waals surface area contributed by atoms with E-state index < -0.39 is 0 Å². The Kier molecular flexibility index (Phi) is 5.24. The van der Waals surface area contributed by atoms with Crippen LogP contribution in [0.3, 0.4) is 0 Å². The summed E-state index contributed by atoms with van der Waals surface area (Å²) in [7, 11) is 0. The molecule has 0 spiro atoms. The van der Waals surface area contributed by atoms with Gasteiger partial charge in [-0.1, -0.05) is 17.7 Å². The van der Waals surface area contributed by atoms with Gasteiger partial charge in [0.1, 0.15) is 5.75 Å². The maximum atomic E-state index is 11.6. The molecule has 0 bridgehead atoms. The van der Waals surface area contributed by atoms with Crippen LogP contribution in [-0.2, 0) is 11.3 Å². The molecule has 0 unspecified atom stereocenters. The van der Waals surface area contributed by atoms with Crippen molar-refractivity contribution in [1.29, 1.82) is 0 Å². The van der Waals surface area contributed by atoms with Crippen LogP contribution in [0.2, 0.25) is 5.02 Å². The molecule has 0 saturated carbocycles. The van der Waals surface area contributed by atoms with Crippen molar-refractivity contribution < 1.29 is 9.53 Å². The van der Waals surface area contributed by atoms with Gasteiger partial charge in [0.05, 0.1) is 6.54 Å². The average Bonchev–Trinajstić information content (AvgIpc) is 2.80. The Bertz CT molecular complexity index is 573. The number of hydrogen-bond acceptors (Lipinski definition) is 3. The maximum absolute atomic E-state index is 11.6. The van der Waals surface area contributed by atoms with Gasteiger partial charge in [0, 0.05) is 14.4 Å². The first-order valence-corrected chi connectivity index (χ1v) is 7.57. The van der Waals surface area contributed by atoms with E-state index in [9.17, 15) is 4.79 Å². The predicted molar refractivity (Wildman–Crippen MR) is 80.8 cm³/mol. The smallest absolute Gasteiger partial charge is 0.258 e. The van der Waals surface area contributed by atoms with Crippen LogP contribution in [0.1, 0.15) is 4.88 Å². The van der Waals surface area contributed by atoms with E-state index in [1.807, 2.05) is 11.4 Å². The summed E-state index contributed by atoms with van der Waals surface area (Å²) in [6.45, 7) is 0.472. The number of carbonyl (C=O) groups excluding carboxylic acids is 1. The van der Waals surface area contributed by atoms with Gasteiger partial charge >= 0.3 is 0 Å². The van der Waals surface area contributed by atoms with E-state index in [4.69, 9.17) is 16.3 Å². The molecule has 0 aliphatic carbocycles. The molecule has 0 radical (unpaired) electrons. The zero-order valence-corrected chi connectivity index (χ0v) is 13.0. The Labute approximate surface area is 128 Å². The molecule has 2 rings (SSSR count). The number of nitrogens with one attached hydrogen (secondary N) is 1. The fourth-order valence-electron chi connectivity index (χ4n) is 1.39. The summed E-state index contributed by atoms with van der Waals surface area (Å²) in [5, 5.41) is 5.34. The van der Waals surface area contributed by atoms with E-state index in [1.165, 1.54) is 0 Å². The van der Waals surface area contributed by atoms with Crippen LogP contribution in [0.15, 0.2) is 40.2 Å². The van der Waals surface area contributed by atoms with Gasteiger partial charge in [0.2, 0.25) is 0 Å². The lowest BCUT2D eigenvalue weighted by atomic mass is 10.3. The number of thiophene rings is 1. The van der Waals surface area contributed by atoms with Crippen molar-refractivity contribution in [2.75, 3.05) is 6.61 Å². The summed E-state index contributed by atoms with van der Waals surface area (Å²) in [5.74, 6) is 0.417. The molecule has 6 heteroatoms. The van der Waals surface area contributed by atoms with Crippen LogP contribution in [0, 0.1) is 0 Å². The van der Waals surface area contributed by atoms with Gasteiger partial charge in [-0.25, -0.2) is 0 Å². The lowest BCUT2D eigenvalue weighted by Crippen LogP contribution is -2.28. The Balaban J connectivity index is 1.77. The Morgan fingerprint density at radius 2 is 2.26 bits per heavy atom. The largest absolute Gasteiger partial charge is 0.484 e. The van der Waals surface area contributed by atoms with Gasteiger partial charge in [-0.15, -0.1) is 11.3 Å². The number of rotatable bonds is 5. The molecule has 2 aromatic rings. The van der Waals surface area contributed by atoms with Crippen LogP contribution in [0.5, 0.6) is 5.75 Å². The van der Waals surface area contributed by atoms with Crippen LogP contribution in [0.25, 0.3) is 0 Å². The molecule has 3 nitrogen and oxygen atoms in total. The van der Waals surface area contributed by atoms with Crippen LogP contribution in [-0.4, -0.2) is 12.5 Å². The molecule has 1 N–H and O–H groups in total. The molecule has 1 aromatic heterocycles. The third kappa shape index (κ3) is 4.53. The first kappa shape index (κ1) is 14.4. The summed E-state index contributed by atoms with van der Waals surface area (Å²) in [5.41, 5.74) is 0. The van der Waals surface area contributed by atoms with Gasteiger partial charge in [-0.3, -0.25) is 4.79 Å². The first-order chi connectivity index (χ1) is 9.15. The van der Waals surface area contributed by atoms with Crippen molar-refractivity contribution in [3.8, 4) is 5.75 Å². The Morgan fingerprint density at radius 1 is 1.42 bits per heavy atom. The first-order valence-electron chi connectivity index (χ1n) is 5.52. The highest BCUT2D eigenvalue weighted by atomic mass is 79.9. The van der Waals surface area contributed by atoms with E-state index in [2.05, 4.69) is 21.2 Å². The number of halogens is 2. The third-order valence-corrected chi connectivity index (χ3v) is 4.46. The lowest BCUT2D eigenvalue weighted by molar-refractivity contribution is -0.123. The summed E-state index contributed by atoms with van der Waals surface area (Å²) < 4.78 is 6.35. The average molecular weight is 361 g/mol. The van der Waals surface area contributed by atoms with Gasteiger partial charge in [-0.05, 0) is 45.6 Å². The van der Waals surface area contributed by atoms with Gasteiger partial charge in [0.15, 0.2) is 6.61 Å². The number of hydrogen-bond donors (Lipinski definition) is 1. The summed E-state index contributed by atoms with van der Waals surface area (Å²) in [6.07, 6.45) is 0. The zero-order valence-electron chi connectivity index (χ0n) is 9.86. The number of amides is 1. The minimum atomic E-state index is -0.166. The highest BCUT2D eigenvalue weighted by Crippen LogP contribution is 2.22. The summed E-state index contributed by atoms with van der Waals surface area (Å²) in [6, 6.07) is 8.91. The molecule has 0 atom stereocenters. The molecule has 1 heterocycles.